The summed E-state index contributed by atoms with van der Waals surface area (Å²) in [5.41, 5.74) is 0. The zero-order chi connectivity index (χ0) is 11.5. The number of rotatable bonds is 2. The monoisotopic (exact) mass is 237 g/mol. The summed E-state index contributed by atoms with van der Waals surface area (Å²) in [5, 5.41) is 17.8. The molecule has 1 aromatic heterocycles. The van der Waals surface area contributed by atoms with Crippen LogP contribution in [0.15, 0.2) is 9.64 Å². The summed E-state index contributed by atoms with van der Waals surface area (Å²) in [6.45, 7) is 4.02. The topological polar surface area (TPSA) is 62.7 Å². The zero-order valence-corrected chi connectivity index (χ0v) is 10.3. The van der Waals surface area contributed by atoms with E-state index in [9.17, 15) is 0 Å². The van der Waals surface area contributed by atoms with E-state index in [2.05, 4.69) is 23.2 Å². The van der Waals surface area contributed by atoms with Gasteiger partial charge in [0.1, 0.15) is 0 Å². The van der Waals surface area contributed by atoms with Crippen LogP contribution in [0.4, 0.5) is 0 Å². The van der Waals surface area contributed by atoms with Crippen molar-refractivity contribution in [2.24, 2.45) is 11.8 Å². The first kappa shape index (κ1) is 11.5. The van der Waals surface area contributed by atoms with Crippen LogP contribution < -0.4 is 0 Å². The van der Waals surface area contributed by atoms with Crippen molar-refractivity contribution in [1.82, 2.24) is 10.2 Å². The molecule has 0 radical (unpaired) electrons. The number of nitriles is 1. The highest BCUT2D eigenvalue weighted by Gasteiger charge is 2.30. The van der Waals surface area contributed by atoms with Gasteiger partial charge in [-0.3, -0.25) is 0 Å². The van der Waals surface area contributed by atoms with Crippen molar-refractivity contribution in [2.45, 2.75) is 43.6 Å². The number of thioether (sulfide) groups is 1. The van der Waals surface area contributed by atoms with Gasteiger partial charge >= 0.3 is 0 Å². The minimum Gasteiger partial charge on any atom is -0.416 e. The van der Waals surface area contributed by atoms with Crippen molar-refractivity contribution in [2.75, 3.05) is 0 Å². The fourth-order valence-corrected chi connectivity index (χ4v) is 3.36. The molecule has 1 aromatic rings. The number of hydrogen-bond donors (Lipinski definition) is 0. The molecule has 16 heavy (non-hydrogen) atoms. The number of nitrogens with zero attached hydrogens (tertiary/aromatic N) is 3. The number of hydrogen-bond acceptors (Lipinski definition) is 5. The van der Waals surface area contributed by atoms with E-state index in [1.807, 2.05) is 0 Å². The summed E-state index contributed by atoms with van der Waals surface area (Å²) in [5.74, 6) is 1.39. The van der Waals surface area contributed by atoms with E-state index in [0.29, 0.717) is 22.3 Å². The first-order chi connectivity index (χ1) is 7.69. The highest BCUT2D eigenvalue weighted by molar-refractivity contribution is 7.99. The third kappa shape index (κ3) is 2.56. The zero-order valence-electron chi connectivity index (χ0n) is 9.51. The molecule has 1 fully saturated rings. The Morgan fingerprint density at radius 2 is 2.25 bits per heavy atom. The standard InChI is InChI=1S/C11H15N3OS/c1-7-3-4-9(6-12)10(5-7)16-11-14-13-8(2)15-11/h7,9-10H,3-5H2,1-2H3. The Balaban J connectivity index is 2.04. The maximum atomic E-state index is 9.10. The van der Waals surface area contributed by atoms with Gasteiger partial charge in [0.2, 0.25) is 5.89 Å². The average Bonchev–Trinajstić information content (AvgIpc) is 2.64. The Morgan fingerprint density at radius 3 is 2.88 bits per heavy atom. The van der Waals surface area contributed by atoms with Gasteiger partial charge in [-0.05, 0) is 25.2 Å². The molecule has 2 rings (SSSR count). The van der Waals surface area contributed by atoms with Gasteiger partial charge in [0.25, 0.3) is 5.22 Å². The molecule has 3 unspecified atom stereocenters. The van der Waals surface area contributed by atoms with Crippen LogP contribution in [0.5, 0.6) is 0 Å². The third-order valence-electron chi connectivity index (χ3n) is 2.98. The fourth-order valence-electron chi connectivity index (χ4n) is 2.06. The van der Waals surface area contributed by atoms with Gasteiger partial charge < -0.3 is 4.42 Å². The van der Waals surface area contributed by atoms with Crippen molar-refractivity contribution in [3.63, 3.8) is 0 Å². The van der Waals surface area contributed by atoms with E-state index in [1.54, 1.807) is 18.7 Å². The third-order valence-corrected chi connectivity index (χ3v) is 4.17. The van der Waals surface area contributed by atoms with Gasteiger partial charge in [-0.15, -0.1) is 10.2 Å². The Hall–Kier alpha value is -1.02. The van der Waals surface area contributed by atoms with E-state index in [-0.39, 0.29) is 5.92 Å². The predicted octanol–water partition coefficient (Wildman–Crippen LogP) is 2.80. The van der Waals surface area contributed by atoms with E-state index in [0.717, 1.165) is 19.3 Å². The highest BCUT2D eigenvalue weighted by atomic mass is 32.2. The molecule has 5 heteroatoms. The van der Waals surface area contributed by atoms with Gasteiger partial charge in [0, 0.05) is 12.2 Å². The Bertz CT molecular complexity index is 398. The predicted molar refractivity (Wildman–Crippen MR) is 60.8 cm³/mol. The molecule has 0 spiro atoms. The summed E-state index contributed by atoms with van der Waals surface area (Å²) in [6, 6.07) is 2.39. The van der Waals surface area contributed by atoms with Crippen LogP contribution in [0, 0.1) is 30.1 Å². The SMILES string of the molecule is Cc1nnc(SC2CC(C)CCC2C#N)o1. The normalized spacial score (nSPS) is 29.9. The van der Waals surface area contributed by atoms with Crippen LogP contribution in [0.25, 0.3) is 0 Å². The number of aryl methyl sites for hydroxylation is 1. The highest BCUT2D eigenvalue weighted by Crippen LogP contribution is 2.38. The molecule has 0 N–H and O–H groups in total. The van der Waals surface area contributed by atoms with Gasteiger partial charge in [-0.2, -0.15) is 5.26 Å². The van der Waals surface area contributed by atoms with Crippen molar-refractivity contribution in [3.05, 3.63) is 5.89 Å². The van der Waals surface area contributed by atoms with Crippen molar-refractivity contribution in [3.8, 4) is 6.07 Å². The average molecular weight is 237 g/mol. The maximum absolute atomic E-state index is 9.10. The van der Waals surface area contributed by atoms with Crippen molar-refractivity contribution >= 4 is 11.8 Å². The second kappa shape index (κ2) is 4.88. The van der Waals surface area contributed by atoms with Crippen LogP contribution in [-0.2, 0) is 0 Å². The van der Waals surface area contributed by atoms with Crippen molar-refractivity contribution in [1.29, 1.82) is 5.26 Å². The van der Waals surface area contributed by atoms with Gasteiger partial charge in [0.05, 0.1) is 12.0 Å². The molecule has 0 bridgehead atoms. The molecule has 1 saturated carbocycles. The van der Waals surface area contributed by atoms with Gasteiger partial charge in [0.15, 0.2) is 0 Å². The lowest BCUT2D eigenvalue weighted by Crippen LogP contribution is -2.24. The lowest BCUT2D eigenvalue weighted by Gasteiger charge is -2.29. The van der Waals surface area contributed by atoms with Gasteiger partial charge in [-0.25, -0.2) is 0 Å². The Labute approximate surface area is 99.4 Å². The first-order valence-electron chi connectivity index (χ1n) is 5.55. The van der Waals surface area contributed by atoms with Crippen LogP contribution in [0.3, 0.4) is 0 Å². The molecule has 0 aliphatic heterocycles. The molecule has 0 saturated heterocycles. The molecule has 1 aliphatic rings. The second-order valence-electron chi connectivity index (χ2n) is 4.40. The molecule has 4 nitrogen and oxygen atoms in total. The van der Waals surface area contributed by atoms with Crippen LogP contribution in [0.2, 0.25) is 0 Å². The largest absolute Gasteiger partial charge is 0.416 e. The summed E-state index contributed by atoms with van der Waals surface area (Å²) in [6.07, 6.45) is 3.20. The molecule has 1 heterocycles. The minimum absolute atomic E-state index is 0.119. The molecular formula is C11H15N3OS. The summed E-state index contributed by atoms with van der Waals surface area (Å²) in [4.78, 5) is 0. The number of aromatic nitrogens is 2. The summed E-state index contributed by atoms with van der Waals surface area (Å²) >= 11 is 1.56. The smallest absolute Gasteiger partial charge is 0.276 e. The minimum atomic E-state index is 0.119. The molecule has 0 aromatic carbocycles. The van der Waals surface area contributed by atoms with Crippen molar-refractivity contribution < 1.29 is 4.42 Å². The Morgan fingerprint density at radius 1 is 1.44 bits per heavy atom. The molecule has 86 valence electrons. The maximum Gasteiger partial charge on any atom is 0.276 e. The first-order valence-corrected chi connectivity index (χ1v) is 6.43. The van der Waals surface area contributed by atoms with E-state index >= 15 is 0 Å². The van der Waals surface area contributed by atoms with Gasteiger partial charge in [-0.1, -0.05) is 18.7 Å². The quantitative estimate of drug-likeness (QED) is 0.791. The molecular weight excluding hydrogens is 222 g/mol. The molecule has 0 amide bonds. The summed E-state index contributed by atoms with van der Waals surface area (Å²) in [7, 11) is 0. The lowest BCUT2D eigenvalue weighted by molar-refractivity contribution is 0.342. The Kier molecular flexibility index (Phi) is 3.49. The van der Waals surface area contributed by atoms with Crippen LogP contribution in [-0.4, -0.2) is 15.4 Å². The molecule has 3 atom stereocenters. The van der Waals surface area contributed by atoms with E-state index in [1.165, 1.54) is 0 Å². The van der Waals surface area contributed by atoms with Crippen LogP contribution >= 0.6 is 11.8 Å². The van der Waals surface area contributed by atoms with E-state index < -0.39 is 0 Å². The van der Waals surface area contributed by atoms with E-state index in [4.69, 9.17) is 9.68 Å². The molecule has 1 aliphatic carbocycles. The van der Waals surface area contributed by atoms with Crippen LogP contribution in [0.1, 0.15) is 32.1 Å². The second-order valence-corrected chi connectivity index (χ2v) is 5.59. The fraction of sp³-hybridized carbons (Fsp3) is 0.727. The summed E-state index contributed by atoms with van der Waals surface area (Å²) < 4.78 is 5.35. The lowest BCUT2D eigenvalue weighted by atomic mass is 9.83.